The van der Waals surface area contributed by atoms with E-state index in [1.54, 1.807) is 0 Å². The van der Waals surface area contributed by atoms with Gasteiger partial charge in [0.1, 0.15) is 5.76 Å². The maximum atomic E-state index is 13.0. The molecule has 1 aromatic carbocycles. The van der Waals surface area contributed by atoms with Gasteiger partial charge < -0.3 is 10.1 Å². The summed E-state index contributed by atoms with van der Waals surface area (Å²) in [5.41, 5.74) is 0.719. The number of ketones is 1. The maximum Gasteiger partial charge on any atom is 0.269 e. The Labute approximate surface area is 180 Å². The van der Waals surface area contributed by atoms with Crippen molar-refractivity contribution in [3.05, 3.63) is 92.8 Å². The second kappa shape index (κ2) is 8.47. The van der Waals surface area contributed by atoms with Crippen molar-refractivity contribution in [2.75, 3.05) is 0 Å². The number of thiophene rings is 1. The highest BCUT2D eigenvalue weighted by molar-refractivity contribution is 9.10. The number of amides is 1. The SMILES string of the molecule is C=C/C=C(/OC1C(=O)CC(c2ccc(Br)cc2)(c2ccsc2)NC1=O)C(=C)Cl. The van der Waals surface area contributed by atoms with Crippen molar-refractivity contribution in [2.24, 2.45) is 0 Å². The van der Waals surface area contributed by atoms with Gasteiger partial charge in [-0.3, -0.25) is 9.59 Å². The summed E-state index contributed by atoms with van der Waals surface area (Å²) in [6, 6.07) is 9.45. The zero-order valence-corrected chi connectivity index (χ0v) is 17.9. The summed E-state index contributed by atoms with van der Waals surface area (Å²) in [5, 5.41) is 6.95. The number of benzene rings is 1. The van der Waals surface area contributed by atoms with Crippen LogP contribution in [0.1, 0.15) is 17.5 Å². The molecule has 0 aliphatic carbocycles. The van der Waals surface area contributed by atoms with E-state index in [4.69, 9.17) is 16.3 Å². The van der Waals surface area contributed by atoms with Gasteiger partial charge in [0.05, 0.1) is 10.6 Å². The zero-order chi connectivity index (χ0) is 20.3. The van der Waals surface area contributed by atoms with Gasteiger partial charge in [-0.25, -0.2) is 0 Å². The third-order valence-corrected chi connectivity index (χ3v) is 5.84. The lowest BCUT2D eigenvalue weighted by molar-refractivity contribution is -0.147. The Bertz CT molecular complexity index is 933. The fourth-order valence-corrected chi connectivity index (χ4v) is 4.23. The molecule has 7 heteroatoms. The van der Waals surface area contributed by atoms with E-state index in [1.807, 2.05) is 41.1 Å². The van der Waals surface area contributed by atoms with Crippen molar-refractivity contribution in [3.8, 4) is 0 Å². The minimum Gasteiger partial charge on any atom is -0.471 e. The second-order valence-corrected chi connectivity index (χ2v) is 8.38. The van der Waals surface area contributed by atoms with E-state index in [0.29, 0.717) is 0 Å². The fourth-order valence-electron chi connectivity index (χ4n) is 3.12. The van der Waals surface area contributed by atoms with Crippen molar-refractivity contribution >= 4 is 50.6 Å². The third-order valence-electron chi connectivity index (χ3n) is 4.44. The summed E-state index contributed by atoms with van der Waals surface area (Å²) in [4.78, 5) is 25.9. The van der Waals surface area contributed by atoms with Crippen LogP contribution in [0.3, 0.4) is 0 Å². The number of halogens is 2. The number of allylic oxidation sites excluding steroid dienone is 3. The predicted molar refractivity (Wildman–Crippen MR) is 115 cm³/mol. The zero-order valence-electron chi connectivity index (χ0n) is 14.8. The van der Waals surface area contributed by atoms with Crippen LogP contribution in [0.2, 0.25) is 0 Å². The van der Waals surface area contributed by atoms with E-state index in [-0.39, 0.29) is 23.0 Å². The molecular formula is C21H17BrClNO3S. The molecule has 1 amide bonds. The van der Waals surface area contributed by atoms with E-state index in [0.717, 1.165) is 15.6 Å². The first-order chi connectivity index (χ1) is 13.4. The van der Waals surface area contributed by atoms with E-state index in [1.165, 1.54) is 23.5 Å². The maximum absolute atomic E-state index is 13.0. The van der Waals surface area contributed by atoms with Crippen molar-refractivity contribution in [2.45, 2.75) is 18.1 Å². The van der Waals surface area contributed by atoms with Gasteiger partial charge in [-0.2, -0.15) is 11.3 Å². The summed E-state index contributed by atoms with van der Waals surface area (Å²) >= 11 is 10.8. The molecule has 1 aliphatic rings. The fraction of sp³-hybridized carbons (Fsp3) is 0.143. The summed E-state index contributed by atoms with van der Waals surface area (Å²) in [6.07, 6.45) is 1.67. The summed E-state index contributed by atoms with van der Waals surface area (Å²) in [6.45, 7) is 7.17. The van der Waals surface area contributed by atoms with Crippen LogP contribution in [0.25, 0.3) is 0 Å². The lowest BCUT2D eigenvalue weighted by Gasteiger charge is -2.40. The lowest BCUT2D eigenvalue weighted by atomic mass is 9.76. The van der Waals surface area contributed by atoms with Crippen LogP contribution in [-0.2, 0) is 19.9 Å². The highest BCUT2D eigenvalue weighted by Gasteiger charge is 2.48. The molecule has 2 aromatic rings. The highest BCUT2D eigenvalue weighted by atomic mass is 79.9. The van der Waals surface area contributed by atoms with Gasteiger partial charge >= 0.3 is 0 Å². The molecule has 0 saturated carbocycles. The molecule has 2 unspecified atom stereocenters. The summed E-state index contributed by atoms with van der Waals surface area (Å²) < 4.78 is 6.48. The van der Waals surface area contributed by atoms with Gasteiger partial charge in [-0.15, -0.1) is 0 Å². The largest absolute Gasteiger partial charge is 0.471 e. The first-order valence-electron chi connectivity index (χ1n) is 8.35. The molecule has 28 heavy (non-hydrogen) atoms. The van der Waals surface area contributed by atoms with Gasteiger partial charge in [-0.05, 0) is 46.2 Å². The van der Waals surface area contributed by atoms with Crippen molar-refractivity contribution < 1.29 is 14.3 Å². The van der Waals surface area contributed by atoms with Crippen molar-refractivity contribution in [1.29, 1.82) is 0 Å². The average molecular weight is 479 g/mol. The molecule has 1 aliphatic heterocycles. The Morgan fingerprint density at radius 1 is 1.29 bits per heavy atom. The first kappa shape index (κ1) is 20.6. The second-order valence-electron chi connectivity index (χ2n) is 6.23. The van der Waals surface area contributed by atoms with Crippen LogP contribution in [0.15, 0.2) is 81.7 Å². The quantitative estimate of drug-likeness (QED) is 0.359. The average Bonchev–Trinajstić information content (AvgIpc) is 3.19. The molecule has 1 N–H and O–H groups in total. The minimum atomic E-state index is -1.30. The Balaban J connectivity index is 1.99. The number of hydrogen-bond acceptors (Lipinski definition) is 4. The number of carbonyl (C=O) groups excluding carboxylic acids is 2. The van der Waals surface area contributed by atoms with Crippen molar-refractivity contribution in [1.82, 2.24) is 5.32 Å². The Hall–Kier alpha value is -2.15. The molecule has 2 heterocycles. The summed E-state index contributed by atoms with van der Waals surface area (Å²) in [5.74, 6) is -0.735. The molecule has 0 radical (unpaired) electrons. The van der Waals surface area contributed by atoms with Crippen molar-refractivity contribution in [3.63, 3.8) is 0 Å². The van der Waals surface area contributed by atoms with E-state index >= 15 is 0 Å². The summed E-state index contributed by atoms with van der Waals surface area (Å²) in [7, 11) is 0. The van der Waals surface area contributed by atoms with Gasteiger partial charge in [-0.1, -0.05) is 58.9 Å². The minimum absolute atomic E-state index is 0.0535. The molecule has 0 spiro atoms. The first-order valence-corrected chi connectivity index (χ1v) is 10.5. The molecule has 1 saturated heterocycles. The monoisotopic (exact) mass is 477 g/mol. The van der Waals surface area contributed by atoms with E-state index in [9.17, 15) is 9.59 Å². The predicted octanol–water partition coefficient (Wildman–Crippen LogP) is 5.05. The van der Waals surface area contributed by atoms with Gasteiger partial charge in [0, 0.05) is 10.9 Å². The smallest absolute Gasteiger partial charge is 0.269 e. The van der Waals surface area contributed by atoms with Crippen LogP contribution in [0.5, 0.6) is 0 Å². The van der Waals surface area contributed by atoms with Crippen LogP contribution in [-0.4, -0.2) is 17.8 Å². The van der Waals surface area contributed by atoms with E-state index in [2.05, 4.69) is 34.4 Å². The Morgan fingerprint density at radius 2 is 2.00 bits per heavy atom. The van der Waals surface area contributed by atoms with E-state index < -0.39 is 17.6 Å². The van der Waals surface area contributed by atoms with Gasteiger partial charge in [0.2, 0.25) is 6.10 Å². The van der Waals surface area contributed by atoms with Crippen LogP contribution in [0, 0.1) is 0 Å². The van der Waals surface area contributed by atoms with Crippen LogP contribution >= 0.6 is 38.9 Å². The molecular weight excluding hydrogens is 462 g/mol. The topological polar surface area (TPSA) is 55.4 Å². The number of nitrogens with one attached hydrogen (secondary N) is 1. The third kappa shape index (κ3) is 3.99. The number of carbonyl (C=O) groups is 2. The molecule has 1 fully saturated rings. The number of hydrogen-bond donors (Lipinski definition) is 1. The number of Topliss-reactive ketones (excluding diaryl/α,β-unsaturated/α-hetero) is 1. The number of ether oxygens (including phenoxy) is 1. The van der Waals surface area contributed by atoms with Gasteiger partial charge in [0.15, 0.2) is 5.78 Å². The number of piperidine rings is 1. The van der Waals surface area contributed by atoms with Gasteiger partial charge in [0.25, 0.3) is 5.91 Å². The molecule has 3 rings (SSSR count). The molecule has 1 aromatic heterocycles. The normalized spacial score (nSPS) is 22.5. The molecule has 4 nitrogen and oxygen atoms in total. The van der Waals surface area contributed by atoms with Crippen LogP contribution in [0.4, 0.5) is 0 Å². The molecule has 144 valence electrons. The lowest BCUT2D eigenvalue weighted by Crippen LogP contribution is -2.59. The molecule has 2 atom stereocenters. The standard InChI is InChI=1S/C21H17BrClNO3S/c1-3-4-18(13(2)23)27-19-17(25)11-21(24-20(19)26,15-9-10-28-12-15)14-5-7-16(22)8-6-14/h3-10,12,19H,1-2,11H2,(H,24,26)/b18-4+. The highest BCUT2D eigenvalue weighted by Crippen LogP contribution is 2.38. The Morgan fingerprint density at radius 3 is 2.54 bits per heavy atom. The molecule has 0 bridgehead atoms. The Kier molecular flexibility index (Phi) is 6.23. The van der Waals surface area contributed by atoms with Crippen LogP contribution < -0.4 is 5.32 Å². The number of rotatable bonds is 6.